The smallest absolute Gasteiger partial charge is 0.343 e. The number of esters is 1. The molecule has 0 heterocycles. The summed E-state index contributed by atoms with van der Waals surface area (Å²) >= 11 is 3.33. The van der Waals surface area contributed by atoms with Crippen molar-refractivity contribution in [3.63, 3.8) is 0 Å². The van der Waals surface area contributed by atoms with E-state index in [-0.39, 0.29) is 11.7 Å². The van der Waals surface area contributed by atoms with Gasteiger partial charge in [-0.05, 0) is 60.2 Å². The van der Waals surface area contributed by atoms with Crippen LogP contribution in [0.3, 0.4) is 0 Å². The lowest BCUT2D eigenvalue weighted by atomic mass is 10.2. The van der Waals surface area contributed by atoms with E-state index in [1.54, 1.807) is 60.7 Å². The molecule has 1 N–H and O–H groups in total. The van der Waals surface area contributed by atoms with Gasteiger partial charge in [-0.2, -0.15) is 5.10 Å². The van der Waals surface area contributed by atoms with E-state index in [2.05, 4.69) is 26.5 Å². The third kappa shape index (κ3) is 5.93. The van der Waals surface area contributed by atoms with Crippen LogP contribution in [0.5, 0.6) is 17.2 Å². The van der Waals surface area contributed by atoms with Crippen LogP contribution in [0.4, 0.5) is 0 Å². The number of ether oxygens (including phenoxy) is 3. The van der Waals surface area contributed by atoms with Gasteiger partial charge in [0.2, 0.25) is 0 Å². The van der Waals surface area contributed by atoms with Crippen LogP contribution in [-0.4, -0.2) is 32.3 Å². The van der Waals surface area contributed by atoms with E-state index in [0.717, 1.165) is 4.47 Å². The highest BCUT2D eigenvalue weighted by molar-refractivity contribution is 9.10. The van der Waals surface area contributed by atoms with Crippen molar-refractivity contribution in [3.8, 4) is 17.2 Å². The lowest BCUT2D eigenvalue weighted by molar-refractivity contribution is 0.0729. The largest absolute Gasteiger partial charge is 0.497 e. The van der Waals surface area contributed by atoms with Gasteiger partial charge in [0, 0.05) is 10.0 Å². The summed E-state index contributed by atoms with van der Waals surface area (Å²) < 4.78 is 16.6. The fourth-order valence-corrected chi connectivity index (χ4v) is 3.02. The molecule has 7 nitrogen and oxygen atoms in total. The van der Waals surface area contributed by atoms with Gasteiger partial charge in [0.05, 0.1) is 26.0 Å². The molecule has 0 atom stereocenters. The van der Waals surface area contributed by atoms with Crippen molar-refractivity contribution in [2.24, 2.45) is 5.10 Å². The molecule has 3 aromatic rings. The Labute approximate surface area is 187 Å². The normalized spacial score (nSPS) is 10.5. The van der Waals surface area contributed by atoms with Crippen molar-refractivity contribution >= 4 is 34.0 Å². The van der Waals surface area contributed by atoms with E-state index in [1.807, 2.05) is 6.07 Å². The number of carbonyl (C=O) groups is 2. The molecule has 3 aromatic carbocycles. The van der Waals surface area contributed by atoms with Crippen LogP contribution in [0.1, 0.15) is 26.3 Å². The number of methoxy groups -OCH3 is 2. The number of halogens is 1. The Morgan fingerprint density at radius 2 is 1.68 bits per heavy atom. The van der Waals surface area contributed by atoms with E-state index >= 15 is 0 Å². The number of amides is 1. The molecule has 0 aliphatic rings. The van der Waals surface area contributed by atoms with E-state index in [1.165, 1.54) is 20.4 Å². The molecule has 3 rings (SSSR count). The lowest BCUT2D eigenvalue weighted by Gasteiger charge is -2.10. The Kier molecular flexibility index (Phi) is 7.40. The number of nitrogens with zero attached hydrogens (tertiary/aromatic N) is 1. The Morgan fingerprint density at radius 3 is 2.42 bits per heavy atom. The van der Waals surface area contributed by atoms with Crippen LogP contribution in [0.15, 0.2) is 76.3 Å². The standard InChI is InChI=1S/C23H19BrN2O5/c1-29-19-8-4-5-16(13-19)22(27)26-25-14-15-9-10-20(21(11-15)30-2)31-23(28)17-6-3-7-18(24)12-17/h3-14H,1-2H3,(H,26,27)/b25-14-. The Morgan fingerprint density at radius 1 is 0.903 bits per heavy atom. The van der Waals surface area contributed by atoms with Crippen molar-refractivity contribution in [1.82, 2.24) is 5.43 Å². The minimum atomic E-state index is -0.508. The van der Waals surface area contributed by atoms with Gasteiger partial charge in [-0.15, -0.1) is 0 Å². The molecule has 0 saturated heterocycles. The van der Waals surface area contributed by atoms with Crippen LogP contribution in [-0.2, 0) is 0 Å². The molecule has 1 amide bonds. The van der Waals surface area contributed by atoms with Gasteiger partial charge < -0.3 is 14.2 Å². The SMILES string of the molecule is COc1cccc(C(=O)N/N=C\c2ccc(OC(=O)c3cccc(Br)c3)c(OC)c2)c1. The van der Waals surface area contributed by atoms with Gasteiger partial charge in [0.15, 0.2) is 11.5 Å². The maximum Gasteiger partial charge on any atom is 0.343 e. The quantitative estimate of drug-likeness (QED) is 0.232. The Balaban J connectivity index is 1.67. The second-order valence-corrected chi connectivity index (χ2v) is 7.16. The fourth-order valence-electron chi connectivity index (χ4n) is 2.62. The lowest BCUT2D eigenvalue weighted by Crippen LogP contribution is -2.17. The predicted molar refractivity (Wildman–Crippen MR) is 120 cm³/mol. The van der Waals surface area contributed by atoms with Gasteiger partial charge in [-0.1, -0.05) is 28.1 Å². The molecule has 0 aliphatic carbocycles. The van der Waals surface area contributed by atoms with Gasteiger partial charge >= 0.3 is 5.97 Å². The second-order valence-electron chi connectivity index (χ2n) is 6.24. The number of benzene rings is 3. The summed E-state index contributed by atoms with van der Waals surface area (Å²) in [5.74, 6) is 0.319. The molecule has 0 aromatic heterocycles. The molecule has 0 fully saturated rings. The van der Waals surface area contributed by atoms with Gasteiger partial charge in [0.25, 0.3) is 5.91 Å². The zero-order chi connectivity index (χ0) is 22.2. The molecular weight excluding hydrogens is 464 g/mol. The fraction of sp³-hybridized carbons (Fsp3) is 0.0870. The molecule has 31 heavy (non-hydrogen) atoms. The maximum absolute atomic E-state index is 12.4. The monoisotopic (exact) mass is 482 g/mol. The van der Waals surface area contributed by atoms with Gasteiger partial charge in [-0.3, -0.25) is 4.79 Å². The van der Waals surface area contributed by atoms with E-state index < -0.39 is 5.97 Å². The summed E-state index contributed by atoms with van der Waals surface area (Å²) in [6.45, 7) is 0. The number of hydrogen-bond acceptors (Lipinski definition) is 6. The topological polar surface area (TPSA) is 86.2 Å². The molecule has 8 heteroatoms. The summed E-state index contributed by atoms with van der Waals surface area (Å²) in [7, 11) is 3.00. The first-order chi connectivity index (χ1) is 15.0. The number of nitrogens with one attached hydrogen (secondary N) is 1. The minimum absolute atomic E-state index is 0.269. The van der Waals surface area contributed by atoms with Crippen molar-refractivity contribution in [1.29, 1.82) is 0 Å². The first-order valence-corrected chi connectivity index (χ1v) is 9.92. The van der Waals surface area contributed by atoms with Crippen LogP contribution in [0.25, 0.3) is 0 Å². The maximum atomic E-state index is 12.4. The van der Waals surface area contributed by atoms with Gasteiger partial charge in [0.1, 0.15) is 5.75 Å². The number of hydrogen-bond donors (Lipinski definition) is 1. The highest BCUT2D eigenvalue weighted by Gasteiger charge is 2.13. The molecular formula is C23H19BrN2O5. The highest BCUT2D eigenvalue weighted by atomic mass is 79.9. The first kappa shape index (κ1) is 22.0. The van der Waals surface area contributed by atoms with Crippen LogP contribution in [0, 0.1) is 0 Å². The van der Waals surface area contributed by atoms with Gasteiger partial charge in [-0.25, -0.2) is 10.2 Å². The number of rotatable bonds is 7. The Bertz CT molecular complexity index is 1130. The highest BCUT2D eigenvalue weighted by Crippen LogP contribution is 2.28. The second kappa shape index (κ2) is 10.4. The minimum Gasteiger partial charge on any atom is -0.497 e. The summed E-state index contributed by atoms with van der Waals surface area (Å²) in [5.41, 5.74) is 3.92. The summed E-state index contributed by atoms with van der Waals surface area (Å²) in [6.07, 6.45) is 1.46. The number of carbonyl (C=O) groups excluding carboxylic acids is 2. The molecule has 0 aliphatic heterocycles. The van der Waals surface area contributed by atoms with Crippen molar-refractivity contribution in [2.75, 3.05) is 14.2 Å². The summed E-state index contributed by atoms with van der Waals surface area (Å²) in [4.78, 5) is 24.6. The third-order valence-electron chi connectivity index (χ3n) is 4.16. The zero-order valence-electron chi connectivity index (χ0n) is 16.8. The molecule has 0 radical (unpaired) electrons. The zero-order valence-corrected chi connectivity index (χ0v) is 18.4. The summed E-state index contributed by atoms with van der Waals surface area (Å²) in [5, 5.41) is 3.96. The number of hydrazone groups is 1. The predicted octanol–water partition coefficient (Wildman–Crippen LogP) is 4.45. The average Bonchev–Trinajstić information content (AvgIpc) is 2.79. The molecule has 0 unspecified atom stereocenters. The average molecular weight is 483 g/mol. The van der Waals surface area contributed by atoms with Crippen molar-refractivity contribution in [3.05, 3.63) is 87.9 Å². The van der Waals surface area contributed by atoms with Crippen molar-refractivity contribution in [2.45, 2.75) is 0 Å². The Hall–Kier alpha value is -3.65. The molecule has 0 saturated carbocycles. The van der Waals surface area contributed by atoms with E-state index in [9.17, 15) is 9.59 Å². The molecule has 158 valence electrons. The van der Waals surface area contributed by atoms with E-state index in [4.69, 9.17) is 14.2 Å². The van der Waals surface area contributed by atoms with Crippen LogP contribution in [0.2, 0.25) is 0 Å². The molecule has 0 bridgehead atoms. The first-order valence-electron chi connectivity index (χ1n) is 9.13. The van der Waals surface area contributed by atoms with Crippen molar-refractivity contribution < 1.29 is 23.8 Å². The summed E-state index contributed by atoms with van der Waals surface area (Å²) in [6, 6.07) is 18.6. The van der Waals surface area contributed by atoms with Crippen LogP contribution >= 0.6 is 15.9 Å². The van der Waals surface area contributed by atoms with E-state index in [0.29, 0.717) is 28.2 Å². The molecule has 0 spiro atoms. The van der Waals surface area contributed by atoms with Crippen LogP contribution < -0.4 is 19.6 Å². The third-order valence-corrected chi connectivity index (χ3v) is 4.66.